The molecule has 3 heterocycles. The standard InChI is InChI=1S/C24H34N4O2/c1-3-28-19(2)23(17-25-28)24(29)27-10-8-21(9-11-27)16-20-4-6-22(7-5-20)18-26-12-14-30-15-13-26/h4-7,17,21H,3,8-16,18H2,1-2H3. The Morgan fingerprint density at radius 1 is 1.07 bits per heavy atom. The normalized spacial score (nSPS) is 18.7. The maximum atomic E-state index is 12.9. The number of carbonyl (C=O) groups is 1. The maximum Gasteiger partial charge on any atom is 0.257 e. The lowest BCUT2D eigenvalue weighted by atomic mass is 9.89. The van der Waals surface area contributed by atoms with Gasteiger partial charge in [0.25, 0.3) is 5.91 Å². The number of hydrogen-bond donors (Lipinski definition) is 0. The molecule has 1 amide bonds. The summed E-state index contributed by atoms with van der Waals surface area (Å²) in [6, 6.07) is 9.13. The lowest BCUT2D eigenvalue weighted by molar-refractivity contribution is 0.0342. The van der Waals surface area contributed by atoms with Crippen LogP contribution in [0.5, 0.6) is 0 Å². The second kappa shape index (κ2) is 9.75. The first kappa shape index (κ1) is 21.1. The van der Waals surface area contributed by atoms with Gasteiger partial charge in [0.1, 0.15) is 0 Å². The van der Waals surface area contributed by atoms with Gasteiger partial charge in [-0.2, -0.15) is 5.10 Å². The van der Waals surface area contributed by atoms with Crippen molar-refractivity contribution in [3.05, 3.63) is 52.8 Å². The zero-order chi connectivity index (χ0) is 20.9. The average molecular weight is 411 g/mol. The minimum atomic E-state index is 0.137. The summed E-state index contributed by atoms with van der Waals surface area (Å²) in [5, 5.41) is 4.32. The van der Waals surface area contributed by atoms with E-state index in [9.17, 15) is 4.79 Å². The minimum Gasteiger partial charge on any atom is -0.379 e. The minimum absolute atomic E-state index is 0.137. The molecule has 30 heavy (non-hydrogen) atoms. The van der Waals surface area contributed by atoms with Crippen LogP contribution in [0.3, 0.4) is 0 Å². The van der Waals surface area contributed by atoms with Gasteiger partial charge in [-0.25, -0.2) is 0 Å². The van der Waals surface area contributed by atoms with E-state index in [1.54, 1.807) is 6.20 Å². The third-order valence-electron chi connectivity index (χ3n) is 6.59. The molecule has 0 radical (unpaired) electrons. The van der Waals surface area contributed by atoms with E-state index in [1.807, 2.05) is 16.5 Å². The number of ether oxygens (including phenoxy) is 1. The molecule has 0 aliphatic carbocycles. The lowest BCUT2D eigenvalue weighted by Crippen LogP contribution is -2.39. The van der Waals surface area contributed by atoms with E-state index in [4.69, 9.17) is 4.74 Å². The van der Waals surface area contributed by atoms with Crippen LogP contribution < -0.4 is 0 Å². The molecule has 0 N–H and O–H groups in total. The number of carbonyl (C=O) groups excluding carboxylic acids is 1. The summed E-state index contributed by atoms with van der Waals surface area (Å²) in [7, 11) is 0. The van der Waals surface area contributed by atoms with Crippen LogP contribution in [-0.2, 0) is 24.2 Å². The first-order valence-corrected chi connectivity index (χ1v) is 11.3. The molecule has 1 aromatic heterocycles. The van der Waals surface area contributed by atoms with E-state index in [-0.39, 0.29) is 5.91 Å². The first-order valence-electron chi connectivity index (χ1n) is 11.3. The maximum absolute atomic E-state index is 12.9. The number of piperidine rings is 1. The Morgan fingerprint density at radius 2 is 1.73 bits per heavy atom. The zero-order valence-electron chi connectivity index (χ0n) is 18.3. The van der Waals surface area contributed by atoms with Crippen molar-refractivity contribution >= 4 is 5.91 Å². The fourth-order valence-corrected chi connectivity index (χ4v) is 4.62. The third-order valence-corrected chi connectivity index (χ3v) is 6.59. The number of aromatic nitrogens is 2. The highest BCUT2D eigenvalue weighted by Gasteiger charge is 2.26. The number of hydrogen-bond acceptors (Lipinski definition) is 4. The average Bonchev–Trinajstić information content (AvgIpc) is 3.16. The van der Waals surface area contributed by atoms with Gasteiger partial charge in [-0.15, -0.1) is 0 Å². The molecule has 2 aromatic rings. The number of morpholine rings is 1. The molecule has 0 spiro atoms. The molecular formula is C24H34N4O2. The summed E-state index contributed by atoms with van der Waals surface area (Å²) < 4.78 is 7.32. The summed E-state index contributed by atoms with van der Waals surface area (Å²) in [6.45, 7) is 11.3. The fraction of sp³-hybridized carbons (Fsp3) is 0.583. The predicted molar refractivity (Wildman–Crippen MR) is 118 cm³/mol. The Morgan fingerprint density at radius 3 is 2.37 bits per heavy atom. The number of rotatable bonds is 6. The molecule has 2 aliphatic rings. The second-order valence-corrected chi connectivity index (χ2v) is 8.60. The summed E-state index contributed by atoms with van der Waals surface area (Å²) in [4.78, 5) is 17.3. The van der Waals surface area contributed by atoms with Crippen LogP contribution in [0, 0.1) is 12.8 Å². The topological polar surface area (TPSA) is 50.6 Å². The van der Waals surface area contributed by atoms with E-state index >= 15 is 0 Å². The number of aryl methyl sites for hydroxylation is 1. The highest BCUT2D eigenvalue weighted by molar-refractivity contribution is 5.95. The molecule has 4 rings (SSSR count). The van der Waals surface area contributed by atoms with Crippen LogP contribution >= 0.6 is 0 Å². The zero-order valence-corrected chi connectivity index (χ0v) is 18.3. The number of nitrogens with zero attached hydrogens (tertiary/aromatic N) is 4. The van der Waals surface area contributed by atoms with Gasteiger partial charge in [0.15, 0.2) is 0 Å². The van der Waals surface area contributed by atoms with Gasteiger partial charge in [0, 0.05) is 45.0 Å². The van der Waals surface area contributed by atoms with Crippen molar-refractivity contribution in [3.63, 3.8) is 0 Å². The molecule has 0 bridgehead atoms. The van der Waals surface area contributed by atoms with Gasteiger partial charge in [-0.3, -0.25) is 14.4 Å². The predicted octanol–water partition coefficient (Wildman–Crippen LogP) is 3.14. The Bertz CT molecular complexity index is 831. The Kier molecular flexibility index (Phi) is 6.85. The lowest BCUT2D eigenvalue weighted by Gasteiger charge is -2.32. The molecule has 0 unspecified atom stereocenters. The summed E-state index contributed by atoms with van der Waals surface area (Å²) in [5.41, 5.74) is 4.52. The largest absolute Gasteiger partial charge is 0.379 e. The molecule has 2 saturated heterocycles. The molecule has 162 valence electrons. The first-order chi connectivity index (χ1) is 14.6. The molecule has 2 aliphatic heterocycles. The Balaban J connectivity index is 1.26. The van der Waals surface area contributed by atoms with Crippen LogP contribution in [-0.4, -0.2) is 64.9 Å². The van der Waals surface area contributed by atoms with Crippen molar-refractivity contribution in [2.45, 2.75) is 46.2 Å². The highest BCUT2D eigenvalue weighted by Crippen LogP contribution is 2.24. The summed E-state index contributed by atoms with van der Waals surface area (Å²) >= 11 is 0. The third kappa shape index (κ3) is 4.93. The summed E-state index contributed by atoms with van der Waals surface area (Å²) in [5.74, 6) is 0.789. The smallest absolute Gasteiger partial charge is 0.257 e. The monoisotopic (exact) mass is 410 g/mol. The van der Waals surface area contributed by atoms with Crippen molar-refractivity contribution in [2.75, 3.05) is 39.4 Å². The fourth-order valence-electron chi connectivity index (χ4n) is 4.62. The SMILES string of the molecule is CCn1ncc(C(=O)N2CCC(Cc3ccc(CN4CCOCC4)cc3)CC2)c1C. The van der Waals surface area contributed by atoms with Gasteiger partial charge in [-0.05, 0) is 50.2 Å². The molecule has 0 atom stereocenters. The van der Waals surface area contributed by atoms with Crippen molar-refractivity contribution in [3.8, 4) is 0 Å². The van der Waals surface area contributed by atoms with Gasteiger partial charge >= 0.3 is 0 Å². The van der Waals surface area contributed by atoms with Gasteiger partial charge in [0.2, 0.25) is 0 Å². The number of likely N-dealkylation sites (tertiary alicyclic amines) is 1. The number of benzene rings is 1. The molecule has 6 heteroatoms. The van der Waals surface area contributed by atoms with Crippen LogP contribution in [0.25, 0.3) is 0 Å². The molecule has 0 saturated carbocycles. The van der Waals surface area contributed by atoms with Crippen LogP contribution in [0.2, 0.25) is 0 Å². The van der Waals surface area contributed by atoms with E-state index in [0.29, 0.717) is 5.92 Å². The van der Waals surface area contributed by atoms with Gasteiger partial charge in [0.05, 0.1) is 25.0 Å². The van der Waals surface area contributed by atoms with Crippen LogP contribution in [0.4, 0.5) is 0 Å². The second-order valence-electron chi connectivity index (χ2n) is 8.60. The molecule has 2 fully saturated rings. The Labute approximate surface area is 179 Å². The number of amides is 1. The van der Waals surface area contributed by atoms with Gasteiger partial charge < -0.3 is 9.64 Å². The van der Waals surface area contributed by atoms with E-state index in [0.717, 1.165) is 83.0 Å². The van der Waals surface area contributed by atoms with Crippen molar-refractivity contribution in [2.24, 2.45) is 5.92 Å². The molecule has 1 aromatic carbocycles. The van der Waals surface area contributed by atoms with Gasteiger partial charge in [-0.1, -0.05) is 24.3 Å². The highest BCUT2D eigenvalue weighted by atomic mass is 16.5. The van der Waals surface area contributed by atoms with E-state index in [1.165, 1.54) is 11.1 Å². The van der Waals surface area contributed by atoms with Crippen LogP contribution in [0.1, 0.15) is 46.9 Å². The summed E-state index contributed by atoms with van der Waals surface area (Å²) in [6.07, 6.45) is 4.98. The quantitative estimate of drug-likeness (QED) is 0.734. The van der Waals surface area contributed by atoms with E-state index in [2.05, 4.69) is 41.2 Å². The molecule has 6 nitrogen and oxygen atoms in total. The van der Waals surface area contributed by atoms with Crippen molar-refractivity contribution in [1.82, 2.24) is 19.6 Å². The van der Waals surface area contributed by atoms with Crippen molar-refractivity contribution < 1.29 is 9.53 Å². The van der Waals surface area contributed by atoms with Crippen LogP contribution in [0.15, 0.2) is 30.5 Å². The van der Waals surface area contributed by atoms with E-state index < -0.39 is 0 Å². The van der Waals surface area contributed by atoms with Crippen molar-refractivity contribution in [1.29, 1.82) is 0 Å². The Hall–Kier alpha value is -2.18. The molecular weight excluding hydrogens is 376 g/mol.